The number of rotatable bonds is 11. The fourth-order valence-electron chi connectivity index (χ4n) is 6.01. The molecule has 0 radical (unpaired) electrons. The van der Waals surface area contributed by atoms with Gasteiger partial charge in [0.25, 0.3) is 0 Å². The third kappa shape index (κ3) is 7.59. The fourth-order valence-corrected chi connectivity index (χ4v) is 6.01. The van der Waals surface area contributed by atoms with Crippen molar-refractivity contribution in [1.82, 2.24) is 0 Å². The largest absolute Gasteiger partial charge is 0.423 e. The molecule has 0 amide bonds. The highest BCUT2D eigenvalue weighted by atomic mass is 19.1. The molecule has 2 fully saturated rings. The van der Waals surface area contributed by atoms with Crippen molar-refractivity contribution in [2.75, 3.05) is 0 Å². The Morgan fingerprint density at radius 3 is 2.12 bits per heavy atom. The number of ether oxygens (including phenoxy) is 1. The summed E-state index contributed by atoms with van der Waals surface area (Å²) < 4.78 is 19.9. The molecule has 0 unspecified atom stereocenters. The fraction of sp³-hybridized carbons (Fsp3) is 0.759. The predicted molar refractivity (Wildman–Crippen MR) is 130 cm³/mol. The summed E-state index contributed by atoms with van der Waals surface area (Å²) in [5.74, 6) is 1.97. The van der Waals surface area contributed by atoms with Gasteiger partial charge in [-0.1, -0.05) is 71.3 Å². The second kappa shape index (κ2) is 13.4. The van der Waals surface area contributed by atoms with Crippen molar-refractivity contribution in [3.05, 3.63) is 29.6 Å². The molecule has 0 aliphatic heterocycles. The molecule has 2 nitrogen and oxygen atoms in total. The minimum atomic E-state index is -0.406. The molecule has 1 aromatic rings. The van der Waals surface area contributed by atoms with Gasteiger partial charge >= 0.3 is 5.97 Å². The van der Waals surface area contributed by atoms with E-state index in [1.165, 1.54) is 57.4 Å². The van der Waals surface area contributed by atoms with Gasteiger partial charge in [0.1, 0.15) is 0 Å². The van der Waals surface area contributed by atoms with Gasteiger partial charge in [-0.15, -0.1) is 0 Å². The van der Waals surface area contributed by atoms with Crippen molar-refractivity contribution in [3.8, 4) is 5.75 Å². The Labute approximate surface area is 195 Å². The van der Waals surface area contributed by atoms with E-state index >= 15 is 0 Å². The maximum atomic E-state index is 14.4. The molecule has 3 rings (SSSR count). The molecule has 2 saturated carbocycles. The number of carbonyl (C=O) groups excluding carboxylic acids is 1. The molecular formula is C29H45FO2. The van der Waals surface area contributed by atoms with Crippen molar-refractivity contribution >= 4 is 5.97 Å². The molecule has 0 atom stereocenters. The Kier molecular flexibility index (Phi) is 10.5. The van der Waals surface area contributed by atoms with E-state index in [9.17, 15) is 9.18 Å². The molecule has 0 bridgehead atoms. The van der Waals surface area contributed by atoms with Crippen LogP contribution in [0, 0.1) is 29.5 Å². The first-order valence-corrected chi connectivity index (χ1v) is 13.6. The molecule has 180 valence electrons. The maximum absolute atomic E-state index is 14.4. The highest BCUT2D eigenvalue weighted by Crippen LogP contribution is 2.42. The van der Waals surface area contributed by atoms with Gasteiger partial charge in [-0.25, -0.2) is 4.39 Å². The first-order chi connectivity index (χ1) is 15.6. The third-order valence-corrected chi connectivity index (χ3v) is 8.16. The first kappa shape index (κ1) is 25.2. The van der Waals surface area contributed by atoms with Crippen LogP contribution in [0.2, 0.25) is 0 Å². The van der Waals surface area contributed by atoms with Crippen molar-refractivity contribution in [3.63, 3.8) is 0 Å². The standard InChI is InChI=1S/C29H45FO2/c1-3-5-7-9-22-11-14-24(15-12-22)25-16-18-26(19-17-25)29(31)32-28-20-13-23(21-27(28)30)10-8-6-4-2/h13,20-22,24-26H,3-12,14-19H2,1-2H3. The van der Waals surface area contributed by atoms with Crippen molar-refractivity contribution in [1.29, 1.82) is 0 Å². The number of esters is 1. The number of unbranched alkanes of at least 4 members (excludes halogenated alkanes) is 4. The van der Waals surface area contributed by atoms with Crippen LogP contribution in [0.25, 0.3) is 0 Å². The smallest absolute Gasteiger partial charge is 0.314 e. The van der Waals surface area contributed by atoms with Crippen LogP contribution in [-0.2, 0) is 11.2 Å². The van der Waals surface area contributed by atoms with Crippen molar-refractivity contribution in [2.45, 2.75) is 117 Å². The van der Waals surface area contributed by atoms with Crippen LogP contribution in [0.15, 0.2) is 18.2 Å². The SMILES string of the molecule is CCCCCc1ccc(OC(=O)C2CCC(C3CCC(CCCCC)CC3)CC2)c(F)c1. The van der Waals surface area contributed by atoms with E-state index in [-0.39, 0.29) is 17.6 Å². The van der Waals surface area contributed by atoms with E-state index in [4.69, 9.17) is 4.74 Å². The van der Waals surface area contributed by atoms with Crippen molar-refractivity contribution in [2.24, 2.45) is 23.7 Å². The van der Waals surface area contributed by atoms with Gasteiger partial charge in [0, 0.05) is 0 Å². The quantitative estimate of drug-likeness (QED) is 0.194. The Morgan fingerprint density at radius 2 is 1.50 bits per heavy atom. The van der Waals surface area contributed by atoms with Gasteiger partial charge in [0.05, 0.1) is 5.92 Å². The highest BCUT2D eigenvalue weighted by Gasteiger charge is 2.33. The summed E-state index contributed by atoms with van der Waals surface area (Å²) in [6, 6.07) is 5.07. The minimum absolute atomic E-state index is 0.0692. The van der Waals surface area contributed by atoms with Crippen LogP contribution in [0.1, 0.15) is 116 Å². The molecule has 0 spiro atoms. The second-order valence-corrected chi connectivity index (χ2v) is 10.5. The molecule has 3 heteroatoms. The molecule has 2 aliphatic rings. The normalized spacial score (nSPS) is 26.1. The average Bonchev–Trinajstić information content (AvgIpc) is 2.82. The van der Waals surface area contributed by atoms with E-state index < -0.39 is 5.82 Å². The minimum Gasteiger partial charge on any atom is -0.423 e. The summed E-state index contributed by atoms with van der Waals surface area (Å²) in [5, 5.41) is 0. The van der Waals surface area contributed by atoms with Crippen LogP contribution in [0.5, 0.6) is 5.75 Å². The lowest BCUT2D eigenvalue weighted by Crippen LogP contribution is -2.30. The molecule has 0 aromatic heterocycles. The van der Waals surface area contributed by atoms with E-state index in [1.54, 1.807) is 6.07 Å². The first-order valence-electron chi connectivity index (χ1n) is 13.6. The number of benzene rings is 1. The van der Waals surface area contributed by atoms with Crippen LogP contribution in [-0.4, -0.2) is 5.97 Å². The molecule has 32 heavy (non-hydrogen) atoms. The number of aryl methyl sites for hydroxylation is 1. The van der Waals surface area contributed by atoms with E-state index in [0.29, 0.717) is 0 Å². The van der Waals surface area contributed by atoms with Gasteiger partial charge in [-0.3, -0.25) is 4.79 Å². The highest BCUT2D eigenvalue weighted by molar-refractivity contribution is 5.75. The van der Waals surface area contributed by atoms with E-state index in [0.717, 1.165) is 74.7 Å². The summed E-state index contributed by atoms with van der Waals surface area (Å²) in [6.07, 6.45) is 19.4. The lowest BCUT2D eigenvalue weighted by atomic mass is 9.68. The van der Waals surface area contributed by atoms with Gasteiger partial charge in [0.15, 0.2) is 11.6 Å². The Hall–Kier alpha value is -1.38. The van der Waals surface area contributed by atoms with Gasteiger partial charge < -0.3 is 4.74 Å². The zero-order valence-corrected chi connectivity index (χ0v) is 20.5. The number of carbonyl (C=O) groups is 1. The van der Waals surface area contributed by atoms with E-state index in [2.05, 4.69) is 13.8 Å². The average molecular weight is 445 g/mol. The third-order valence-electron chi connectivity index (χ3n) is 8.16. The Balaban J connectivity index is 1.39. The lowest BCUT2D eigenvalue weighted by molar-refractivity contribution is -0.140. The zero-order valence-electron chi connectivity index (χ0n) is 20.5. The molecule has 0 heterocycles. The van der Waals surface area contributed by atoms with Crippen LogP contribution in [0.3, 0.4) is 0 Å². The van der Waals surface area contributed by atoms with Crippen molar-refractivity contribution < 1.29 is 13.9 Å². The predicted octanol–water partition coefficient (Wildman–Crippen LogP) is 8.66. The zero-order chi connectivity index (χ0) is 22.8. The number of halogens is 1. The summed E-state index contributed by atoms with van der Waals surface area (Å²) in [5.41, 5.74) is 0.983. The molecule has 0 N–H and O–H groups in total. The summed E-state index contributed by atoms with van der Waals surface area (Å²) in [7, 11) is 0. The van der Waals surface area contributed by atoms with Crippen LogP contribution < -0.4 is 4.74 Å². The Morgan fingerprint density at radius 1 is 0.875 bits per heavy atom. The molecule has 0 saturated heterocycles. The van der Waals surface area contributed by atoms with Gasteiger partial charge in [-0.05, 0) is 86.8 Å². The lowest BCUT2D eigenvalue weighted by Gasteiger charge is -2.37. The summed E-state index contributed by atoms with van der Waals surface area (Å²) in [6.45, 7) is 4.45. The maximum Gasteiger partial charge on any atom is 0.314 e. The molecule has 2 aliphatic carbocycles. The molecular weight excluding hydrogens is 399 g/mol. The van der Waals surface area contributed by atoms with Crippen LogP contribution in [0.4, 0.5) is 4.39 Å². The summed E-state index contributed by atoms with van der Waals surface area (Å²) >= 11 is 0. The Bertz CT molecular complexity index is 684. The number of hydrogen-bond donors (Lipinski definition) is 0. The number of hydrogen-bond acceptors (Lipinski definition) is 2. The van der Waals surface area contributed by atoms with Gasteiger partial charge in [-0.2, -0.15) is 0 Å². The summed E-state index contributed by atoms with van der Waals surface area (Å²) in [4.78, 5) is 12.7. The monoisotopic (exact) mass is 444 g/mol. The van der Waals surface area contributed by atoms with Gasteiger partial charge in [0.2, 0.25) is 0 Å². The van der Waals surface area contributed by atoms with E-state index in [1.807, 2.05) is 6.07 Å². The van der Waals surface area contributed by atoms with Crippen LogP contribution >= 0.6 is 0 Å². The topological polar surface area (TPSA) is 26.3 Å². The molecule has 1 aromatic carbocycles. The second-order valence-electron chi connectivity index (χ2n) is 10.5.